The summed E-state index contributed by atoms with van der Waals surface area (Å²) in [6.45, 7) is 0. The zero-order valence-corrected chi connectivity index (χ0v) is 17.2. The zero-order chi connectivity index (χ0) is 21.7. The quantitative estimate of drug-likeness (QED) is 0.539. The van der Waals surface area contributed by atoms with Gasteiger partial charge < -0.3 is 10.4 Å². The van der Waals surface area contributed by atoms with Crippen LogP contribution in [0.3, 0.4) is 0 Å². The zero-order valence-electron chi connectivity index (χ0n) is 15.7. The Hall–Kier alpha value is -2.18. The first kappa shape index (κ1) is 21.1. The minimum Gasteiger partial charge on any atom is -0.509 e. The Bertz CT molecular complexity index is 1020. The Labute approximate surface area is 181 Å². The fourth-order valence-corrected chi connectivity index (χ4v) is 4.61. The van der Waals surface area contributed by atoms with E-state index in [2.05, 4.69) is 5.32 Å². The maximum Gasteiger partial charge on any atom is 0.391 e. The number of aliphatic hydroxyl groups excluding tert-OH is 1. The van der Waals surface area contributed by atoms with Crippen molar-refractivity contribution in [2.45, 2.75) is 37.4 Å². The molecule has 0 unspecified atom stereocenters. The molecule has 2 N–H and O–H groups in total. The highest BCUT2D eigenvalue weighted by Gasteiger charge is 2.52. The van der Waals surface area contributed by atoms with E-state index >= 15 is 0 Å². The summed E-state index contributed by atoms with van der Waals surface area (Å²) in [6.07, 6.45) is -4.54. The summed E-state index contributed by atoms with van der Waals surface area (Å²) in [6, 6.07) is 12.2. The van der Waals surface area contributed by atoms with E-state index in [0.29, 0.717) is 10.6 Å². The summed E-state index contributed by atoms with van der Waals surface area (Å²) in [4.78, 5) is 12.8. The first-order valence-electron chi connectivity index (χ1n) is 9.49. The number of rotatable bonds is 2. The number of hydrogen-bond acceptors (Lipinski definition) is 2. The average Bonchev–Trinajstić information content (AvgIpc) is 2.92. The average molecular weight is 456 g/mol. The lowest BCUT2D eigenvalue weighted by Crippen LogP contribution is -2.48. The molecule has 1 heterocycles. The molecule has 0 radical (unpaired) electrons. The minimum atomic E-state index is -4.28. The number of carbonyl (C=O) groups is 1. The first-order chi connectivity index (χ1) is 14.1. The molecule has 1 amide bonds. The van der Waals surface area contributed by atoms with E-state index in [0.717, 1.165) is 11.1 Å². The molecule has 1 aliphatic heterocycles. The lowest BCUT2D eigenvalue weighted by Gasteiger charge is -2.37. The van der Waals surface area contributed by atoms with Gasteiger partial charge in [-0.15, -0.1) is 0 Å². The van der Waals surface area contributed by atoms with Gasteiger partial charge in [0.15, 0.2) is 0 Å². The summed E-state index contributed by atoms with van der Waals surface area (Å²) in [5.74, 6) is -2.19. The van der Waals surface area contributed by atoms with Crippen LogP contribution in [-0.4, -0.2) is 22.7 Å². The minimum absolute atomic E-state index is 0.0151. The van der Waals surface area contributed by atoms with Gasteiger partial charge in [0, 0.05) is 15.6 Å². The van der Waals surface area contributed by atoms with Crippen molar-refractivity contribution < 1.29 is 23.1 Å². The second-order valence-electron chi connectivity index (χ2n) is 7.78. The molecule has 30 heavy (non-hydrogen) atoms. The van der Waals surface area contributed by atoms with Crippen molar-refractivity contribution in [1.82, 2.24) is 5.32 Å². The van der Waals surface area contributed by atoms with Gasteiger partial charge >= 0.3 is 6.18 Å². The fourth-order valence-electron chi connectivity index (χ4n) is 4.27. The van der Waals surface area contributed by atoms with Crippen molar-refractivity contribution >= 4 is 34.7 Å². The van der Waals surface area contributed by atoms with Gasteiger partial charge in [0.25, 0.3) is 5.91 Å². The molecular formula is C22H18Cl2F3NO2. The van der Waals surface area contributed by atoms with Gasteiger partial charge in [-0.1, -0.05) is 41.4 Å². The third-order valence-electron chi connectivity index (χ3n) is 5.99. The molecule has 158 valence electrons. The van der Waals surface area contributed by atoms with Crippen LogP contribution in [0.5, 0.6) is 0 Å². The highest BCUT2D eigenvalue weighted by Crippen LogP contribution is 2.47. The van der Waals surface area contributed by atoms with E-state index in [-0.39, 0.29) is 42.0 Å². The van der Waals surface area contributed by atoms with E-state index in [1.807, 2.05) is 12.1 Å². The maximum atomic E-state index is 13.0. The first-order valence-corrected chi connectivity index (χ1v) is 10.3. The van der Waals surface area contributed by atoms with Crippen molar-refractivity contribution in [2.24, 2.45) is 5.92 Å². The van der Waals surface area contributed by atoms with E-state index in [1.54, 1.807) is 30.3 Å². The van der Waals surface area contributed by atoms with Gasteiger partial charge in [-0.3, -0.25) is 4.79 Å². The lowest BCUT2D eigenvalue weighted by atomic mass is 9.75. The van der Waals surface area contributed by atoms with Crippen molar-refractivity contribution in [3.63, 3.8) is 0 Å². The number of hydrogen-bond donors (Lipinski definition) is 2. The molecular weight excluding hydrogens is 438 g/mol. The van der Waals surface area contributed by atoms with Crippen molar-refractivity contribution in [3.05, 3.63) is 63.8 Å². The molecule has 0 bridgehead atoms. The second-order valence-corrected chi connectivity index (χ2v) is 8.62. The number of halogens is 5. The monoisotopic (exact) mass is 455 g/mol. The third-order valence-corrected chi connectivity index (χ3v) is 6.57. The molecule has 0 aromatic heterocycles. The number of aliphatic hydroxyl groups is 1. The molecule has 2 aromatic carbocycles. The lowest BCUT2D eigenvalue weighted by molar-refractivity contribution is -0.184. The van der Waals surface area contributed by atoms with Gasteiger partial charge in [0.1, 0.15) is 5.76 Å². The summed E-state index contributed by atoms with van der Waals surface area (Å²) in [7, 11) is 0. The maximum absolute atomic E-state index is 13.0. The molecule has 0 atom stereocenters. The van der Waals surface area contributed by atoms with Crippen LogP contribution in [0.25, 0.3) is 16.7 Å². The van der Waals surface area contributed by atoms with Gasteiger partial charge in [-0.25, -0.2) is 0 Å². The van der Waals surface area contributed by atoms with Crippen LogP contribution >= 0.6 is 23.2 Å². The highest BCUT2D eigenvalue weighted by atomic mass is 35.5. The Morgan fingerprint density at radius 1 is 1.00 bits per heavy atom. The molecule has 2 aliphatic rings. The largest absolute Gasteiger partial charge is 0.509 e. The van der Waals surface area contributed by atoms with E-state index in [1.165, 1.54) is 0 Å². The topological polar surface area (TPSA) is 49.3 Å². The molecule has 0 saturated heterocycles. The molecule has 1 spiro atoms. The van der Waals surface area contributed by atoms with Crippen LogP contribution in [0.4, 0.5) is 13.2 Å². The number of alkyl halides is 3. The normalized spacial score (nSPS) is 24.4. The smallest absolute Gasteiger partial charge is 0.391 e. The summed E-state index contributed by atoms with van der Waals surface area (Å²) < 4.78 is 39.1. The van der Waals surface area contributed by atoms with E-state index < -0.39 is 23.5 Å². The van der Waals surface area contributed by atoms with Gasteiger partial charge in [-0.2, -0.15) is 13.2 Å². The number of nitrogens with one attached hydrogen (secondary N) is 1. The van der Waals surface area contributed by atoms with Gasteiger partial charge in [0.2, 0.25) is 0 Å². The molecule has 2 aromatic rings. The molecule has 1 aliphatic carbocycles. The van der Waals surface area contributed by atoms with Crippen LogP contribution in [0, 0.1) is 5.92 Å². The standard InChI is InChI=1S/C22H18Cl2F3NO2/c23-15-4-1-12(2-5-15)13-3-6-17(24)16(11-13)18-19(29)21(28-20(18)30)9-7-14(8-10-21)22(25,26)27/h1-6,11,14,29H,7-10H2,(H,28,30)/t14-,21-. The van der Waals surface area contributed by atoms with Crippen LogP contribution in [-0.2, 0) is 4.79 Å². The number of amides is 1. The molecule has 8 heteroatoms. The molecule has 4 rings (SSSR count). The van der Waals surface area contributed by atoms with Gasteiger partial charge in [0.05, 0.1) is 17.0 Å². The molecule has 3 nitrogen and oxygen atoms in total. The Morgan fingerprint density at radius 2 is 1.60 bits per heavy atom. The summed E-state index contributed by atoms with van der Waals surface area (Å²) in [5.41, 5.74) is 0.792. The number of carbonyl (C=O) groups excluding carboxylic acids is 1. The predicted molar refractivity (Wildman–Crippen MR) is 110 cm³/mol. The third kappa shape index (κ3) is 3.67. The summed E-state index contributed by atoms with van der Waals surface area (Å²) >= 11 is 12.3. The highest BCUT2D eigenvalue weighted by molar-refractivity contribution is 6.36. The van der Waals surface area contributed by atoms with Crippen molar-refractivity contribution in [1.29, 1.82) is 0 Å². The molecule has 1 saturated carbocycles. The van der Waals surface area contributed by atoms with Crippen LogP contribution < -0.4 is 5.32 Å². The second kappa shape index (κ2) is 7.50. The van der Waals surface area contributed by atoms with E-state index in [9.17, 15) is 23.1 Å². The predicted octanol–water partition coefficient (Wildman–Crippen LogP) is 6.55. The van der Waals surface area contributed by atoms with Crippen molar-refractivity contribution in [3.8, 4) is 11.1 Å². The van der Waals surface area contributed by atoms with Gasteiger partial charge in [-0.05, 0) is 61.1 Å². The Morgan fingerprint density at radius 3 is 2.20 bits per heavy atom. The Balaban J connectivity index is 1.70. The van der Waals surface area contributed by atoms with Crippen LogP contribution in [0.1, 0.15) is 31.2 Å². The molecule has 1 fully saturated rings. The summed E-state index contributed by atoms with van der Waals surface area (Å²) in [5, 5.41) is 14.5. The number of benzene rings is 2. The van der Waals surface area contributed by atoms with Crippen LogP contribution in [0.15, 0.2) is 48.2 Å². The van der Waals surface area contributed by atoms with Crippen molar-refractivity contribution in [2.75, 3.05) is 0 Å². The Kier molecular flexibility index (Phi) is 5.27. The van der Waals surface area contributed by atoms with Crippen LogP contribution in [0.2, 0.25) is 10.0 Å². The van der Waals surface area contributed by atoms with E-state index in [4.69, 9.17) is 23.2 Å². The fraction of sp³-hybridized carbons (Fsp3) is 0.318. The SMILES string of the molecule is O=C1N[C@]2(CC[C@H](C(F)(F)F)CC2)C(O)=C1c1cc(-c2ccc(Cl)cc2)ccc1Cl.